The number of rotatable bonds is 5. The Balaban J connectivity index is 1.67. The van der Waals surface area contributed by atoms with Crippen LogP contribution in [0.2, 0.25) is 0 Å². The maximum Gasteiger partial charge on any atom is 0.240 e. The van der Waals surface area contributed by atoms with Gasteiger partial charge < -0.3 is 10.7 Å². The minimum atomic E-state index is -0.375. The molecule has 1 amide bonds. The summed E-state index contributed by atoms with van der Waals surface area (Å²) in [7, 11) is 0. The van der Waals surface area contributed by atoms with E-state index in [0.717, 1.165) is 46.2 Å². The standard InChI is InChI=1S/C23H27N5OS/c1-5-6-19-25-26-23-28(19)27-20(17-9-7-14(2)8-10-17)21(30-23)22(29)24-18-12-15(3)11-16(4)13-18/h7-13,20-21,27H,5-6H2,1-4H3,(H,24,29). The molecule has 2 heterocycles. The van der Waals surface area contributed by atoms with Crippen LogP contribution >= 0.6 is 11.8 Å². The molecule has 7 heteroatoms. The van der Waals surface area contributed by atoms with Gasteiger partial charge in [-0.1, -0.05) is 54.6 Å². The summed E-state index contributed by atoms with van der Waals surface area (Å²) in [6, 6.07) is 14.2. The average Bonchev–Trinajstić information content (AvgIpc) is 3.09. The Bertz CT molecular complexity index is 1040. The molecule has 0 saturated heterocycles. The van der Waals surface area contributed by atoms with Gasteiger partial charge in [-0.25, -0.2) is 4.68 Å². The van der Waals surface area contributed by atoms with Crippen LogP contribution in [0.1, 0.15) is 47.5 Å². The van der Waals surface area contributed by atoms with Gasteiger partial charge in [0.05, 0.1) is 6.04 Å². The normalized spacial score (nSPS) is 17.9. The third kappa shape index (κ3) is 4.21. The molecule has 0 radical (unpaired) electrons. The van der Waals surface area contributed by atoms with Crippen molar-refractivity contribution in [1.82, 2.24) is 14.9 Å². The lowest BCUT2D eigenvalue weighted by molar-refractivity contribution is -0.116. The molecule has 2 unspecified atom stereocenters. The number of fused-ring (bicyclic) bond motifs is 1. The first-order valence-corrected chi connectivity index (χ1v) is 11.2. The number of nitrogens with one attached hydrogen (secondary N) is 2. The summed E-state index contributed by atoms with van der Waals surface area (Å²) in [5.41, 5.74) is 8.84. The number of hydrogen-bond donors (Lipinski definition) is 2. The number of nitrogens with zero attached hydrogens (tertiary/aromatic N) is 3. The highest BCUT2D eigenvalue weighted by Crippen LogP contribution is 2.37. The number of hydrogen-bond acceptors (Lipinski definition) is 5. The topological polar surface area (TPSA) is 71.8 Å². The zero-order chi connectivity index (χ0) is 21.3. The van der Waals surface area contributed by atoms with E-state index in [4.69, 9.17) is 0 Å². The fourth-order valence-corrected chi connectivity index (χ4v) is 4.87. The number of carbonyl (C=O) groups is 1. The zero-order valence-electron chi connectivity index (χ0n) is 17.8. The van der Waals surface area contributed by atoms with Crippen LogP contribution in [-0.2, 0) is 11.2 Å². The number of carbonyl (C=O) groups excluding carboxylic acids is 1. The number of aromatic nitrogens is 3. The molecule has 0 saturated carbocycles. The van der Waals surface area contributed by atoms with E-state index in [2.05, 4.69) is 65.1 Å². The summed E-state index contributed by atoms with van der Waals surface area (Å²) in [5, 5.41) is 12.1. The molecule has 1 aliphatic rings. The Morgan fingerprint density at radius 3 is 2.43 bits per heavy atom. The van der Waals surface area contributed by atoms with Crippen LogP contribution in [0.3, 0.4) is 0 Å². The van der Waals surface area contributed by atoms with Gasteiger partial charge in [-0.15, -0.1) is 10.2 Å². The molecule has 0 fully saturated rings. The van der Waals surface area contributed by atoms with Crippen molar-refractivity contribution in [2.75, 3.05) is 10.7 Å². The maximum atomic E-state index is 13.4. The second-order valence-electron chi connectivity index (χ2n) is 7.91. The van der Waals surface area contributed by atoms with Crippen LogP contribution in [0, 0.1) is 20.8 Å². The van der Waals surface area contributed by atoms with E-state index in [1.165, 1.54) is 17.3 Å². The lowest BCUT2D eigenvalue weighted by Crippen LogP contribution is -2.41. The molecule has 156 valence electrons. The maximum absolute atomic E-state index is 13.4. The van der Waals surface area contributed by atoms with Crippen LogP contribution < -0.4 is 10.7 Å². The molecule has 2 N–H and O–H groups in total. The Labute approximate surface area is 181 Å². The first-order valence-electron chi connectivity index (χ1n) is 10.3. The van der Waals surface area contributed by atoms with Gasteiger partial charge >= 0.3 is 0 Å². The molecule has 4 rings (SSSR count). The van der Waals surface area contributed by atoms with Crippen molar-refractivity contribution in [2.45, 2.75) is 57.0 Å². The summed E-state index contributed by atoms with van der Waals surface area (Å²) in [5.74, 6) is 0.847. The van der Waals surface area contributed by atoms with E-state index >= 15 is 0 Å². The summed E-state index contributed by atoms with van der Waals surface area (Å²) in [4.78, 5) is 13.4. The van der Waals surface area contributed by atoms with Crippen molar-refractivity contribution in [1.29, 1.82) is 0 Å². The van der Waals surface area contributed by atoms with Crippen LogP contribution in [0.15, 0.2) is 47.6 Å². The van der Waals surface area contributed by atoms with E-state index in [9.17, 15) is 4.79 Å². The van der Waals surface area contributed by atoms with Gasteiger partial charge in [0.25, 0.3) is 0 Å². The number of thioether (sulfide) groups is 1. The molecule has 6 nitrogen and oxygen atoms in total. The molecule has 3 aromatic rings. The summed E-state index contributed by atoms with van der Waals surface area (Å²) < 4.78 is 1.94. The number of aryl methyl sites for hydroxylation is 4. The van der Waals surface area contributed by atoms with E-state index in [1.807, 2.05) is 30.7 Å². The molecule has 0 bridgehead atoms. The van der Waals surface area contributed by atoms with E-state index in [0.29, 0.717) is 0 Å². The monoisotopic (exact) mass is 421 g/mol. The second kappa shape index (κ2) is 8.52. The predicted molar refractivity (Wildman–Crippen MR) is 121 cm³/mol. The van der Waals surface area contributed by atoms with Crippen LogP contribution in [0.4, 0.5) is 5.69 Å². The van der Waals surface area contributed by atoms with Crippen molar-refractivity contribution >= 4 is 23.4 Å². The van der Waals surface area contributed by atoms with Gasteiger partial charge in [-0.05, 0) is 56.0 Å². The molecule has 2 atom stereocenters. The van der Waals surface area contributed by atoms with Gasteiger partial charge in [0.1, 0.15) is 5.25 Å². The van der Waals surface area contributed by atoms with Crippen LogP contribution in [-0.4, -0.2) is 26.0 Å². The fraction of sp³-hybridized carbons (Fsp3) is 0.348. The Hall–Kier alpha value is -2.80. The lowest BCUT2D eigenvalue weighted by Gasteiger charge is -2.33. The van der Waals surface area contributed by atoms with Gasteiger partial charge in [0.2, 0.25) is 11.1 Å². The summed E-state index contributed by atoms with van der Waals surface area (Å²) in [6.45, 7) is 8.25. The molecule has 0 spiro atoms. The number of anilines is 1. The van der Waals surface area contributed by atoms with Crippen molar-refractivity contribution < 1.29 is 4.79 Å². The molecule has 1 aromatic heterocycles. The predicted octanol–water partition coefficient (Wildman–Crippen LogP) is 4.55. The largest absolute Gasteiger partial charge is 0.325 e. The summed E-state index contributed by atoms with van der Waals surface area (Å²) in [6.07, 6.45) is 1.82. The fourth-order valence-electron chi connectivity index (χ4n) is 3.77. The van der Waals surface area contributed by atoms with Crippen LogP contribution in [0.5, 0.6) is 0 Å². The molecular weight excluding hydrogens is 394 g/mol. The first kappa shape index (κ1) is 20.5. The van der Waals surface area contributed by atoms with Gasteiger partial charge in [0.15, 0.2) is 5.82 Å². The highest BCUT2D eigenvalue weighted by atomic mass is 32.2. The Morgan fingerprint density at radius 2 is 1.77 bits per heavy atom. The highest BCUT2D eigenvalue weighted by molar-refractivity contribution is 8.00. The highest BCUT2D eigenvalue weighted by Gasteiger charge is 2.37. The van der Waals surface area contributed by atoms with Crippen molar-refractivity contribution in [3.63, 3.8) is 0 Å². The lowest BCUT2D eigenvalue weighted by atomic mass is 10.0. The van der Waals surface area contributed by atoms with Gasteiger partial charge in [0, 0.05) is 12.1 Å². The van der Waals surface area contributed by atoms with E-state index < -0.39 is 0 Å². The third-order valence-corrected chi connectivity index (χ3v) is 6.38. The van der Waals surface area contributed by atoms with Gasteiger partial charge in [-0.2, -0.15) is 0 Å². The van der Waals surface area contributed by atoms with Crippen molar-refractivity contribution in [2.24, 2.45) is 0 Å². The average molecular weight is 422 g/mol. The van der Waals surface area contributed by atoms with E-state index in [1.54, 1.807) is 0 Å². The summed E-state index contributed by atoms with van der Waals surface area (Å²) >= 11 is 1.46. The molecule has 2 aromatic carbocycles. The third-order valence-electron chi connectivity index (χ3n) is 5.16. The molecule has 30 heavy (non-hydrogen) atoms. The van der Waals surface area contributed by atoms with Crippen molar-refractivity contribution in [3.8, 4) is 0 Å². The first-order chi connectivity index (χ1) is 14.4. The van der Waals surface area contributed by atoms with Crippen LogP contribution in [0.25, 0.3) is 0 Å². The zero-order valence-corrected chi connectivity index (χ0v) is 18.6. The van der Waals surface area contributed by atoms with Gasteiger partial charge in [-0.3, -0.25) is 4.79 Å². The quantitative estimate of drug-likeness (QED) is 0.632. The SMILES string of the molecule is CCCc1nnc2n1NC(c1ccc(C)cc1)C(C(=O)Nc1cc(C)cc(C)c1)S2. The number of benzene rings is 2. The minimum Gasteiger partial charge on any atom is -0.325 e. The molecular formula is C23H27N5OS. The van der Waals surface area contributed by atoms with Crippen molar-refractivity contribution in [3.05, 3.63) is 70.5 Å². The Kier molecular flexibility index (Phi) is 5.81. The van der Waals surface area contributed by atoms with E-state index in [-0.39, 0.29) is 17.2 Å². The Morgan fingerprint density at radius 1 is 1.07 bits per heavy atom. The molecule has 0 aliphatic carbocycles. The second-order valence-corrected chi connectivity index (χ2v) is 9.01. The molecule has 1 aliphatic heterocycles. The smallest absolute Gasteiger partial charge is 0.240 e. The number of amides is 1. The minimum absolute atomic E-state index is 0.0469.